The molecule has 1 aliphatic rings. The standard InChI is InChI=1S/C19H19N5O4S/c1-27-14-8-6-13(7-9-14)17-21-22-19(23(17)12-15-4-3-11-28-15)29-18-16(24(25)26)5-2-10-20-18/h2,5-10,15H,3-4,11-12H2,1H3/t15-/m0/s1. The van der Waals surface area contributed by atoms with Crippen LogP contribution in [0.5, 0.6) is 5.75 Å². The topological polar surface area (TPSA) is 105 Å². The Kier molecular flexibility index (Phi) is 5.72. The Labute approximate surface area is 171 Å². The van der Waals surface area contributed by atoms with Gasteiger partial charge in [0, 0.05) is 24.4 Å². The van der Waals surface area contributed by atoms with Crippen LogP contribution in [0.2, 0.25) is 0 Å². The van der Waals surface area contributed by atoms with E-state index in [-0.39, 0.29) is 16.8 Å². The zero-order chi connectivity index (χ0) is 20.2. The average molecular weight is 413 g/mol. The van der Waals surface area contributed by atoms with Gasteiger partial charge in [-0.25, -0.2) is 4.98 Å². The number of benzene rings is 1. The highest BCUT2D eigenvalue weighted by molar-refractivity contribution is 7.99. The molecule has 0 aliphatic carbocycles. The number of hydrogen-bond donors (Lipinski definition) is 0. The van der Waals surface area contributed by atoms with E-state index in [1.54, 1.807) is 13.2 Å². The zero-order valence-corrected chi connectivity index (χ0v) is 16.5. The molecule has 3 aromatic rings. The highest BCUT2D eigenvalue weighted by Crippen LogP contribution is 2.34. The molecule has 1 aromatic carbocycles. The summed E-state index contributed by atoms with van der Waals surface area (Å²) in [7, 11) is 1.61. The quantitative estimate of drug-likeness (QED) is 0.427. The lowest BCUT2D eigenvalue weighted by Gasteiger charge is -2.14. The van der Waals surface area contributed by atoms with Crippen LogP contribution in [-0.4, -0.2) is 44.5 Å². The summed E-state index contributed by atoms with van der Waals surface area (Å²) < 4.78 is 13.0. The van der Waals surface area contributed by atoms with Crippen LogP contribution in [0.4, 0.5) is 5.69 Å². The molecule has 0 radical (unpaired) electrons. The molecule has 0 bridgehead atoms. The molecule has 0 N–H and O–H groups in total. The highest BCUT2D eigenvalue weighted by atomic mass is 32.2. The van der Waals surface area contributed by atoms with E-state index in [9.17, 15) is 10.1 Å². The predicted octanol–water partition coefficient (Wildman–Crippen LogP) is 3.59. The smallest absolute Gasteiger partial charge is 0.301 e. The van der Waals surface area contributed by atoms with Crippen LogP contribution in [0.3, 0.4) is 0 Å². The lowest BCUT2D eigenvalue weighted by atomic mass is 10.2. The van der Waals surface area contributed by atoms with Crippen molar-refractivity contribution in [2.75, 3.05) is 13.7 Å². The maximum atomic E-state index is 11.3. The van der Waals surface area contributed by atoms with E-state index < -0.39 is 4.92 Å². The van der Waals surface area contributed by atoms with Gasteiger partial charge in [-0.05, 0) is 54.9 Å². The Balaban J connectivity index is 1.71. The number of aromatic nitrogens is 4. The number of ether oxygens (including phenoxy) is 2. The summed E-state index contributed by atoms with van der Waals surface area (Å²) in [5, 5.41) is 20.8. The van der Waals surface area contributed by atoms with Gasteiger partial charge in [0.15, 0.2) is 16.0 Å². The Hall–Kier alpha value is -2.98. The SMILES string of the molecule is COc1ccc(-c2nnc(Sc3ncccc3[N+](=O)[O-])n2C[C@@H]2CCCO2)cc1. The van der Waals surface area contributed by atoms with Crippen molar-refractivity contribution in [3.63, 3.8) is 0 Å². The van der Waals surface area contributed by atoms with E-state index in [0.29, 0.717) is 17.5 Å². The first-order chi connectivity index (χ1) is 14.2. The van der Waals surface area contributed by atoms with E-state index in [4.69, 9.17) is 9.47 Å². The van der Waals surface area contributed by atoms with Crippen molar-refractivity contribution in [2.24, 2.45) is 0 Å². The van der Waals surface area contributed by atoms with Gasteiger partial charge >= 0.3 is 5.69 Å². The van der Waals surface area contributed by atoms with Gasteiger partial charge in [-0.15, -0.1) is 10.2 Å². The minimum atomic E-state index is -0.444. The molecule has 2 aromatic heterocycles. The van der Waals surface area contributed by atoms with Gasteiger partial charge in [0.25, 0.3) is 0 Å². The number of hydrogen-bond acceptors (Lipinski definition) is 8. The molecule has 29 heavy (non-hydrogen) atoms. The average Bonchev–Trinajstić information content (AvgIpc) is 3.39. The predicted molar refractivity (Wildman–Crippen MR) is 106 cm³/mol. The van der Waals surface area contributed by atoms with Crippen molar-refractivity contribution in [3.05, 3.63) is 52.7 Å². The molecule has 9 nitrogen and oxygen atoms in total. The second-order valence-electron chi connectivity index (χ2n) is 6.47. The summed E-state index contributed by atoms with van der Waals surface area (Å²) in [6, 6.07) is 10.5. The van der Waals surface area contributed by atoms with Gasteiger partial charge in [0.2, 0.25) is 0 Å². The van der Waals surface area contributed by atoms with E-state index in [1.165, 1.54) is 12.3 Å². The molecule has 3 heterocycles. The fraction of sp³-hybridized carbons (Fsp3) is 0.316. The largest absolute Gasteiger partial charge is 0.497 e. The summed E-state index contributed by atoms with van der Waals surface area (Å²) in [4.78, 5) is 15.1. The Bertz CT molecular complexity index is 1000. The molecular formula is C19H19N5O4S. The van der Waals surface area contributed by atoms with Crippen LogP contribution in [0, 0.1) is 10.1 Å². The molecule has 0 saturated carbocycles. The van der Waals surface area contributed by atoms with Gasteiger partial charge in [-0.3, -0.25) is 14.7 Å². The third kappa shape index (κ3) is 4.22. The molecule has 4 rings (SSSR count). The molecule has 1 atom stereocenters. The van der Waals surface area contributed by atoms with Gasteiger partial charge in [0.05, 0.1) is 24.7 Å². The van der Waals surface area contributed by atoms with Crippen LogP contribution >= 0.6 is 11.8 Å². The molecule has 0 unspecified atom stereocenters. The van der Waals surface area contributed by atoms with Gasteiger partial charge in [-0.1, -0.05) is 0 Å². The minimum Gasteiger partial charge on any atom is -0.497 e. The molecule has 10 heteroatoms. The molecule has 1 aliphatic heterocycles. The Morgan fingerprint density at radius 1 is 1.31 bits per heavy atom. The van der Waals surface area contributed by atoms with Crippen LogP contribution in [0.15, 0.2) is 52.8 Å². The van der Waals surface area contributed by atoms with Gasteiger partial charge < -0.3 is 9.47 Å². The second kappa shape index (κ2) is 8.58. The molecule has 1 fully saturated rings. The molecule has 150 valence electrons. The zero-order valence-electron chi connectivity index (χ0n) is 15.7. The highest BCUT2D eigenvalue weighted by Gasteiger charge is 2.24. The molecular weight excluding hydrogens is 394 g/mol. The van der Waals surface area contributed by atoms with Crippen molar-refractivity contribution < 1.29 is 14.4 Å². The number of methoxy groups -OCH3 is 1. The normalized spacial score (nSPS) is 16.1. The monoisotopic (exact) mass is 413 g/mol. The summed E-state index contributed by atoms with van der Waals surface area (Å²) in [6.45, 7) is 1.30. The second-order valence-corrected chi connectivity index (χ2v) is 7.42. The lowest BCUT2D eigenvalue weighted by molar-refractivity contribution is -0.388. The van der Waals surface area contributed by atoms with Crippen molar-refractivity contribution in [1.82, 2.24) is 19.7 Å². The first kappa shape index (κ1) is 19.3. The van der Waals surface area contributed by atoms with Crippen LogP contribution in [-0.2, 0) is 11.3 Å². The summed E-state index contributed by atoms with van der Waals surface area (Å²) in [6.07, 6.45) is 3.55. The fourth-order valence-electron chi connectivity index (χ4n) is 3.16. The van der Waals surface area contributed by atoms with Gasteiger partial charge in [-0.2, -0.15) is 0 Å². The van der Waals surface area contributed by atoms with Crippen molar-refractivity contribution in [3.8, 4) is 17.1 Å². The third-order valence-corrected chi connectivity index (χ3v) is 5.60. The number of pyridine rings is 1. The van der Waals surface area contributed by atoms with E-state index in [1.807, 2.05) is 28.8 Å². The van der Waals surface area contributed by atoms with Crippen LogP contribution < -0.4 is 4.74 Å². The van der Waals surface area contributed by atoms with Crippen molar-refractivity contribution >= 4 is 17.4 Å². The number of nitro groups is 1. The van der Waals surface area contributed by atoms with Crippen LogP contribution in [0.25, 0.3) is 11.4 Å². The summed E-state index contributed by atoms with van der Waals surface area (Å²) in [5.74, 6) is 1.42. The van der Waals surface area contributed by atoms with E-state index in [2.05, 4.69) is 15.2 Å². The molecule has 0 spiro atoms. The first-order valence-electron chi connectivity index (χ1n) is 9.12. The Morgan fingerprint density at radius 3 is 2.83 bits per heavy atom. The minimum absolute atomic E-state index is 0.0565. The third-order valence-electron chi connectivity index (χ3n) is 4.61. The van der Waals surface area contributed by atoms with Crippen molar-refractivity contribution in [1.29, 1.82) is 0 Å². The van der Waals surface area contributed by atoms with Crippen LogP contribution in [0.1, 0.15) is 12.8 Å². The lowest BCUT2D eigenvalue weighted by Crippen LogP contribution is -2.16. The number of nitrogens with zero attached hydrogens (tertiary/aromatic N) is 5. The summed E-state index contributed by atoms with van der Waals surface area (Å²) in [5.41, 5.74) is 0.814. The fourth-order valence-corrected chi connectivity index (χ4v) is 4.05. The Morgan fingerprint density at radius 2 is 2.14 bits per heavy atom. The van der Waals surface area contributed by atoms with Gasteiger partial charge in [0.1, 0.15) is 5.75 Å². The molecule has 1 saturated heterocycles. The molecule has 0 amide bonds. The number of rotatable bonds is 7. The van der Waals surface area contributed by atoms with E-state index in [0.717, 1.165) is 42.5 Å². The van der Waals surface area contributed by atoms with E-state index >= 15 is 0 Å². The summed E-state index contributed by atoms with van der Waals surface area (Å²) >= 11 is 1.13. The van der Waals surface area contributed by atoms with Crippen molar-refractivity contribution in [2.45, 2.75) is 35.7 Å². The first-order valence-corrected chi connectivity index (χ1v) is 9.94. The maximum Gasteiger partial charge on any atom is 0.301 e. The maximum absolute atomic E-state index is 11.3.